The van der Waals surface area contributed by atoms with Crippen LogP contribution >= 0.6 is 24.8 Å². The average molecular weight is 322 g/mol. The molecule has 0 aliphatic carbocycles. The quantitative estimate of drug-likeness (QED) is 0.859. The zero-order chi connectivity index (χ0) is 12.5. The maximum absolute atomic E-state index is 13.5. The van der Waals surface area contributed by atoms with E-state index in [9.17, 15) is 9.18 Å². The van der Waals surface area contributed by atoms with Crippen molar-refractivity contribution in [2.75, 3.05) is 19.6 Å². The highest BCUT2D eigenvalue weighted by molar-refractivity contribution is 5.94. The predicted molar refractivity (Wildman–Crippen MR) is 79.1 cm³/mol. The van der Waals surface area contributed by atoms with Crippen LogP contribution in [-0.4, -0.2) is 41.5 Å². The molecule has 3 rings (SSSR count). The first-order valence-corrected chi connectivity index (χ1v) is 6.38. The Morgan fingerprint density at radius 1 is 1.40 bits per heavy atom. The molecule has 3 heterocycles. The molecular weight excluding hydrogens is 304 g/mol. The molecule has 2 aliphatic rings. The van der Waals surface area contributed by atoms with Gasteiger partial charge in [0.05, 0.1) is 11.8 Å². The van der Waals surface area contributed by atoms with Crippen LogP contribution in [0.5, 0.6) is 0 Å². The smallest absolute Gasteiger partial charge is 0.256 e. The van der Waals surface area contributed by atoms with Gasteiger partial charge in [-0.2, -0.15) is 0 Å². The summed E-state index contributed by atoms with van der Waals surface area (Å²) in [7, 11) is 0. The average Bonchev–Trinajstić information content (AvgIpc) is 2.85. The largest absolute Gasteiger partial charge is 0.338 e. The third-order valence-electron chi connectivity index (χ3n) is 3.95. The molecule has 20 heavy (non-hydrogen) atoms. The van der Waals surface area contributed by atoms with Crippen molar-refractivity contribution in [2.45, 2.75) is 18.9 Å². The van der Waals surface area contributed by atoms with Gasteiger partial charge in [-0.25, -0.2) is 4.39 Å². The predicted octanol–water partition coefficient (Wildman–Crippen LogP) is 1.89. The van der Waals surface area contributed by atoms with Crippen LogP contribution in [0.2, 0.25) is 0 Å². The van der Waals surface area contributed by atoms with Gasteiger partial charge in [0.1, 0.15) is 0 Å². The molecule has 1 aromatic rings. The fraction of sp³-hybridized carbons (Fsp3) is 0.538. The molecule has 0 aromatic carbocycles. The topological polar surface area (TPSA) is 45.2 Å². The van der Waals surface area contributed by atoms with Crippen molar-refractivity contribution in [3.8, 4) is 0 Å². The molecule has 2 unspecified atom stereocenters. The van der Waals surface area contributed by atoms with E-state index in [1.165, 1.54) is 12.3 Å². The van der Waals surface area contributed by atoms with Gasteiger partial charge in [0, 0.05) is 25.3 Å². The Morgan fingerprint density at radius 3 is 2.95 bits per heavy atom. The molecule has 1 aromatic heterocycles. The SMILES string of the molecule is Cl.Cl.O=C(c1ccncc1F)N1CCC2NCCC2C1. The standard InChI is InChI=1S/C13H16FN3O.2ClH/c14-11-7-15-4-2-10(11)13(18)17-6-3-12-9(8-17)1-5-16-12;;/h2,4,7,9,12,16H,1,3,5-6,8H2;2*1H. The summed E-state index contributed by atoms with van der Waals surface area (Å²) in [5.74, 6) is -0.220. The van der Waals surface area contributed by atoms with Crippen LogP contribution in [0.4, 0.5) is 4.39 Å². The summed E-state index contributed by atoms with van der Waals surface area (Å²) >= 11 is 0. The van der Waals surface area contributed by atoms with Crippen LogP contribution in [0.15, 0.2) is 18.5 Å². The van der Waals surface area contributed by atoms with Gasteiger partial charge < -0.3 is 10.2 Å². The molecule has 4 nitrogen and oxygen atoms in total. The van der Waals surface area contributed by atoms with Gasteiger partial charge in [-0.3, -0.25) is 9.78 Å². The zero-order valence-electron chi connectivity index (χ0n) is 10.9. The second kappa shape index (κ2) is 7.20. The molecule has 0 spiro atoms. The third kappa shape index (κ3) is 3.22. The normalized spacial score (nSPS) is 24.4. The lowest BCUT2D eigenvalue weighted by Crippen LogP contribution is -2.47. The van der Waals surface area contributed by atoms with E-state index in [0.717, 1.165) is 32.1 Å². The number of halogens is 3. The molecule has 2 fully saturated rings. The maximum atomic E-state index is 13.5. The van der Waals surface area contributed by atoms with E-state index in [4.69, 9.17) is 0 Å². The molecule has 0 bridgehead atoms. The van der Waals surface area contributed by atoms with Gasteiger partial charge in [0.2, 0.25) is 0 Å². The number of carbonyl (C=O) groups is 1. The van der Waals surface area contributed by atoms with Crippen molar-refractivity contribution in [2.24, 2.45) is 5.92 Å². The van der Waals surface area contributed by atoms with Gasteiger partial charge in [-0.05, 0) is 31.4 Å². The summed E-state index contributed by atoms with van der Waals surface area (Å²) in [5.41, 5.74) is 0.134. The molecule has 2 saturated heterocycles. The number of hydrogen-bond acceptors (Lipinski definition) is 3. The van der Waals surface area contributed by atoms with Gasteiger partial charge in [-0.1, -0.05) is 0 Å². The van der Waals surface area contributed by atoms with E-state index in [1.807, 2.05) is 0 Å². The molecule has 7 heteroatoms. The van der Waals surface area contributed by atoms with E-state index >= 15 is 0 Å². The molecule has 1 N–H and O–H groups in total. The Kier molecular flexibility index (Phi) is 6.17. The lowest BCUT2D eigenvalue weighted by atomic mass is 9.93. The minimum Gasteiger partial charge on any atom is -0.338 e. The van der Waals surface area contributed by atoms with Crippen molar-refractivity contribution < 1.29 is 9.18 Å². The maximum Gasteiger partial charge on any atom is 0.256 e. The first kappa shape index (κ1) is 17.1. The van der Waals surface area contributed by atoms with Crippen molar-refractivity contribution in [1.29, 1.82) is 0 Å². The molecule has 1 amide bonds. The number of nitrogens with zero attached hydrogens (tertiary/aromatic N) is 2. The number of piperidine rings is 1. The number of amides is 1. The summed E-state index contributed by atoms with van der Waals surface area (Å²) < 4.78 is 13.5. The van der Waals surface area contributed by atoms with Crippen LogP contribution in [0, 0.1) is 11.7 Å². The Labute approximate surface area is 130 Å². The number of nitrogens with one attached hydrogen (secondary N) is 1. The molecule has 112 valence electrons. The summed E-state index contributed by atoms with van der Waals surface area (Å²) in [4.78, 5) is 17.7. The van der Waals surface area contributed by atoms with Crippen LogP contribution in [0.25, 0.3) is 0 Å². The zero-order valence-corrected chi connectivity index (χ0v) is 12.6. The molecular formula is C13H18Cl2FN3O. The highest BCUT2D eigenvalue weighted by atomic mass is 35.5. The molecule has 2 aliphatic heterocycles. The first-order chi connectivity index (χ1) is 8.75. The fourth-order valence-corrected chi connectivity index (χ4v) is 2.95. The van der Waals surface area contributed by atoms with Gasteiger partial charge in [-0.15, -0.1) is 24.8 Å². The van der Waals surface area contributed by atoms with E-state index in [0.29, 0.717) is 18.5 Å². The van der Waals surface area contributed by atoms with Crippen molar-refractivity contribution >= 4 is 30.7 Å². The number of carbonyl (C=O) groups excluding carboxylic acids is 1. The van der Waals surface area contributed by atoms with Crippen LogP contribution < -0.4 is 5.32 Å². The summed E-state index contributed by atoms with van der Waals surface area (Å²) in [6, 6.07) is 1.99. The number of hydrogen-bond donors (Lipinski definition) is 1. The van der Waals surface area contributed by atoms with Crippen LogP contribution in [-0.2, 0) is 0 Å². The van der Waals surface area contributed by atoms with E-state index in [-0.39, 0.29) is 36.3 Å². The van der Waals surface area contributed by atoms with E-state index in [1.54, 1.807) is 4.90 Å². The van der Waals surface area contributed by atoms with Gasteiger partial charge in [0.25, 0.3) is 5.91 Å². The Bertz CT molecular complexity index is 475. The molecule has 0 saturated carbocycles. The molecule has 0 radical (unpaired) electrons. The second-order valence-corrected chi connectivity index (χ2v) is 5.00. The fourth-order valence-electron chi connectivity index (χ4n) is 2.95. The number of aromatic nitrogens is 1. The van der Waals surface area contributed by atoms with Crippen molar-refractivity contribution in [1.82, 2.24) is 15.2 Å². The Hall–Kier alpha value is -0.910. The number of fused-ring (bicyclic) bond motifs is 1. The first-order valence-electron chi connectivity index (χ1n) is 6.38. The third-order valence-corrected chi connectivity index (χ3v) is 3.95. The Balaban J connectivity index is 0.000001000. The lowest BCUT2D eigenvalue weighted by Gasteiger charge is -2.34. The van der Waals surface area contributed by atoms with Gasteiger partial charge >= 0.3 is 0 Å². The number of rotatable bonds is 1. The van der Waals surface area contributed by atoms with Crippen LogP contribution in [0.3, 0.4) is 0 Å². The second-order valence-electron chi connectivity index (χ2n) is 5.00. The molecule has 2 atom stereocenters. The van der Waals surface area contributed by atoms with Gasteiger partial charge in [0.15, 0.2) is 5.82 Å². The van der Waals surface area contributed by atoms with E-state index < -0.39 is 5.82 Å². The van der Waals surface area contributed by atoms with Crippen molar-refractivity contribution in [3.63, 3.8) is 0 Å². The summed E-state index contributed by atoms with van der Waals surface area (Å²) in [5, 5.41) is 3.45. The Morgan fingerprint density at radius 2 is 2.20 bits per heavy atom. The van der Waals surface area contributed by atoms with E-state index in [2.05, 4.69) is 10.3 Å². The van der Waals surface area contributed by atoms with Crippen LogP contribution in [0.1, 0.15) is 23.2 Å². The minimum absolute atomic E-state index is 0. The number of pyridine rings is 1. The lowest BCUT2D eigenvalue weighted by molar-refractivity contribution is 0.0657. The highest BCUT2D eigenvalue weighted by Crippen LogP contribution is 2.25. The summed E-state index contributed by atoms with van der Waals surface area (Å²) in [6.07, 6.45) is 4.62. The van der Waals surface area contributed by atoms with Crippen molar-refractivity contribution in [3.05, 3.63) is 29.8 Å². The number of likely N-dealkylation sites (tertiary alicyclic amines) is 1. The monoisotopic (exact) mass is 321 g/mol. The highest BCUT2D eigenvalue weighted by Gasteiger charge is 2.34. The summed E-state index contributed by atoms with van der Waals surface area (Å²) in [6.45, 7) is 2.47. The minimum atomic E-state index is -0.533.